The Morgan fingerprint density at radius 3 is 2.65 bits per heavy atom. The molecule has 0 unspecified atom stereocenters. The van der Waals surface area contributed by atoms with Gasteiger partial charge in [-0.1, -0.05) is 19.9 Å². The highest BCUT2D eigenvalue weighted by Crippen LogP contribution is 2.38. The van der Waals surface area contributed by atoms with Crippen molar-refractivity contribution in [2.75, 3.05) is 13.1 Å². The predicted molar refractivity (Wildman–Crippen MR) is 137 cm³/mol. The maximum atomic E-state index is 12.6. The van der Waals surface area contributed by atoms with E-state index in [0.717, 1.165) is 48.4 Å². The highest BCUT2D eigenvalue weighted by Gasteiger charge is 2.25. The monoisotopic (exact) mass is 455 g/mol. The largest absolute Gasteiger partial charge is 0.354 e. The number of aromatic amines is 1. The Labute approximate surface area is 200 Å². The maximum Gasteiger partial charge on any atom is 0.271 e. The number of nitrogens with zero attached hydrogens (tertiary/aromatic N) is 2. The summed E-state index contributed by atoms with van der Waals surface area (Å²) in [5.41, 5.74) is 8.66. The number of carbonyl (C=O) groups is 1. The molecule has 0 bridgehead atoms. The van der Waals surface area contributed by atoms with Crippen LogP contribution >= 0.6 is 0 Å². The quantitative estimate of drug-likeness (QED) is 0.384. The van der Waals surface area contributed by atoms with Gasteiger partial charge in [-0.3, -0.25) is 4.79 Å². The highest BCUT2D eigenvalue weighted by molar-refractivity contribution is 5.94. The number of rotatable bonds is 5. The number of fused-ring (bicyclic) bond motifs is 2. The molecule has 2 aliphatic rings. The van der Waals surface area contributed by atoms with E-state index in [9.17, 15) is 4.79 Å². The maximum absolute atomic E-state index is 12.6. The number of benzene rings is 1. The first-order chi connectivity index (χ1) is 16.5. The van der Waals surface area contributed by atoms with Gasteiger partial charge in [0.05, 0.1) is 5.69 Å². The van der Waals surface area contributed by atoms with Gasteiger partial charge in [0.25, 0.3) is 5.91 Å². The summed E-state index contributed by atoms with van der Waals surface area (Å²) in [7, 11) is 0. The second-order valence-corrected chi connectivity index (χ2v) is 10.4. The average Bonchev–Trinajstić information content (AvgIpc) is 3.39. The van der Waals surface area contributed by atoms with E-state index >= 15 is 0 Å². The van der Waals surface area contributed by atoms with Gasteiger partial charge < -0.3 is 20.0 Å². The Morgan fingerprint density at radius 2 is 1.91 bits per heavy atom. The number of piperidine rings is 1. The number of aromatic nitrogens is 3. The van der Waals surface area contributed by atoms with Gasteiger partial charge in [0, 0.05) is 34.9 Å². The molecule has 1 saturated carbocycles. The van der Waals surface area contributed by atoms with E-state index in [0.29, 0.717) is 23.6 Å². The van der Waals surface area contributed by atoms with Crippen LogP contribution in [0.25, 0.3) is 27.8 Å². The summed E-state index contributed by atoms with van der Waals surface area (Å²) in [6.07, 6.45) is 8.50. The zero-order valence-electron chi connectivity index (χ0n) is 20.2. The molecule has 0 atom stereocenters. The molecule has 6 heteroatoms. The summed E-state index contributed by atoms with van der Waals surface area (Å²) in [5, 5.41) is 7.85. The lowest BCUT2D eigenvalue weighted by Crippen LogP contribution is -2.26. The number of H-pyrrole nitrogens is 1. The molecular formula is C28H33N5O. The number of carbonyl (C=O) groups excluding carboxylic acids is 1. The number of hydrogen-bond donors (Lipinski definition) is 3. The Morgan fingerprint density at radius 1 is 1.12 bits per heavy atom. The molecule has 1 aliphatic heterocycles. The Bertz CT molecular complexity index is 1390. The predicted octanol–water partition coefficient (Wildman–Crippen LogP) is 5.27. The van der Waals surface area contributed by atoms with Gasteiger partial charge in [-0.25, -0.2) is 4.98 Å². The van der Waals surface area contributed by atoms with Crippen LogP contribution in [0.15, 0.2) is 36.7 Å². The van der Waals surface area contributed by atoms with E-state index in [1.807, 2.05) is 10.6 Å². The molecule has 1 aliphatic carbocycles. The lowest BCUT2D eigenvalue weighted by Gasteiger charge is -2.23. The fraction of sp³-hybridized carbons (Fsp3) is 0.429. The molecule has 1 aromatic carbocycles. The molecule has 0 radical (unpaired) electrons. The lowest BCUT2D eigenvalue weighted by molar-refractivity contribution is 0.0946. The van der Waals surface area contributed by atoms with Crippen molar-refractivity contribution >= 4 is 22.5 Å². The van der Waals surface area contributed by atoms with Crippen molar-refractivity contribution in [2.45, 2.75) is 64.3 Å². The zero-order chi connectivity index (χ0) is 23.4. The fourth-order valence-corrected chi connectivity index (χ4v) is 5.47. The topological polar surface area (TPSA) is 74.2 Å². The third-order valence-corrected chi connectivity index (χ3v) is 7.42. The minimum absolute atomic E-state index is 0.0777. The summed E-state index contributed by atoms with van der Waals surface area (Å²) >= 11 is 0. The van der Waals surface area contributed by atoms with Crippen LogP contribution in [0.5, 0.6) is 0 Å². The molecule has 6 nitrogen and oxygen atoms in total. The van der Waals surface area contributed by atoms with Crippen LogP contribution in [0.2, 0.25) is 0 Å². The molecular weight excluding hydrogens is 422 g/mol. The number of pyridine rings is 1. The van der Waals surface area contributed by atoms with Gasteiger partial charge in [0.1, 0.15) is 11.3 Å². The Kier molecular flexibility index (Phi) is 5.21. The minimum atomic E-state index is -0.0777. The summed E-state index contributed by atoms with van der Waals surface area (Å²) in [6.45, 7) is 8.81. The van der Waals surface area contributed by atoms with E-state index in [2.05, 4.69) is 71.8 Å². The first-order valence-electron chi connectivity index (χ1n) is 12.6. The van der Waals surface area contributed by atoms with Gasteiger partial charge in [0.15, 0.2) is 0 Å². The first-order valence-corrected chi connectivity index (χ1v) is 12.6. The van der Waals surface area contributed by atoms with Crippen LogP contribution in [0.1, 0.15) is 78.5 Å². The van der Waals surface area contributed by atoms with E-state index in [4.69, 9.17) is 0 Å². The van der Waals surface area contributed by atoms with E-state index in [1.165, 1.54) is 34.9 Å². The van der Waals surface area contributed by atoms with Crippen molar-refractivity contribution in [1.29, 1.82) is 0 Å². The Balaban J connectivity index is 1.43. The fourth-order valence-electron chi connectivity index (χ4n) is 5.47. The molecule has 1 saturated heterocycles. The molecule has 34 heavy (non-hydrogen) atoms. The van der Waals surface area contributed by atoms with E-state index < -0.39 is 0 Å². The molecule has 176 valence electrons. The second-order valence-electron chi connectivity index (χ2n) is 10.4. The van der Waals surface area contributed by atoms with Crippen molar-refractivity contribution in [3.8, 4) is 11.3 Å². The first kappa shape index (κ1) is 21.4. The van der Waals surface area contributed by atoms with E-state index in [-0.39, 0.29) is 5.91 Å². The standard InChI is InChI=1S/C28H33N5O/c1-16(2)25-22-13-19(18-8-10-29-11-9-18)4-7-23(22)31-26(25)20-12-17(3)27-32-24(15-33(27)14-20)28(34)30-21-5-6-21/h4,7,12-16,18,21,29,31H,5-6,8-11H2,1-3H3,(H,30,34). The lowest BCUT2D eigenvalue weighted by atomic mass is 9.88. The van der Waals surface area contributed by atoms with Gasteiger partial charge in [-0.15, -0.1) is 0 Å². The normalized spacial score (nSPS) is 17.2. The molecule has 2 fully saturated rings. The third kappa shape index (κ3) is 3.80. The van der Waals surface area contributed by atoms with Crippen molar-refractivity contribution in [2.24, 2.45) is 0 Å². The number of amides is 1. The van der Waals surface area contributed by atoms with Crippen molar-refractivity contribution < 1.29 is 4.79 Å². The van der Waals surface area contributed by atoms with Gasteiger partial charge in [0.2, 0.25) is 0 Å². The van der Waals surface area contributed by atoms with Crippen LogP contribution in [-0.4, -0.2) is 39.4 Å². The van der Waals surface area contributed by atoms with Crippen molar-refractivity contribution in [3.63, 3.8) is 0 Å². The molecule has 4 heterocycles. The highest BCUT2D eigenvalue weighted by atomic mass is 16.2. The number of hydrogen-bond acceptors (Lipinski definition) is 3. The molecule has 3 N–H and O–H groups in total. The summed E-state index contributed by atoms with van der Waals surface area (Å²) in [5.74, 6) is 0.936. The molecule has 1 amide bonds. The average molecular weight is 456 g/mol. The number of imidazole rings is 1. The van der Waals surface area contributed by atoms with Crippen molar-refractivity contribution in [3.05, 3.63) is 59.0 Å². The number of aryl methyl sites for hydroxylation is 1. The third-order valence-electron chi connectivity index (χ3n) is 7.42. The molecule has 6 rings (SSSR count). The van der Waals surface area contributed by atoms with Crippen LogP contribution in [0.3, 0.4) is 0 Å². The van der Waals surface area contributed by atoms with E-state index in [1.54, 1.807) is 0 Å². The SMILES string of the molecule is Cc1cc(-c2[nH]c3ccc(C4CCNCC4)cc3c2C(C)C)cn2cc(C(=O)NC3CC3)nc12. The van der Waals surface area contributed by atoms with Gasteiger partial charge in [-0.05, 0) is 92.4 Å². The summed E-state index contributed by atoms with van der Waals surface area (Å²) in [4.78, 5) is 20.9. The van der Waals surface area contributed by atoms with Gasteiger partial charge in [-0.2, -0.15) is 0 Å². The zero-order valence-corrected chi connectivity index (χ0v) is 20.2. The van der Waals surface area contributed by atoms with Crippen LogP contribution in [0, 0.1) is 6.92 Å². The minimum Gasteiger partial charge on any atom is -0.354 e. The van der Waals surface area contributed by atoms with Crippen molar-refractivity contribution in [1.82, 2.24) is 25.0 Å². The van der Waals surface area contributed by atoms with Crippen LogP contribution in [0.4, 0.5) is 0 Å². The van der Waals surface area contributed by atoms with Gasteiger partial charge >= 0.3 is 0 Å². The van der Waals surface area contributed by atoms with Crippen LogP contribution in [-0.2, 0) is 0 Å². The number of nitrogens with one attached hydrogen (secondary N) is 3. The second kappa shape index (κ2) is 8.27. The Hall–Kier alpha value is -3.12. The molecule has 3 aromatic heterocycles. The molecule has 0 spiro atoms. The summed E-state index contributed by atoms with van der Waals surface area (Å²) < 4.78 is 2.00. The molecule has 4 aromatic rings. The van der Waals surface area contributed by atoms with Crippen LogP contribution < -0.4 is 10.6 Å². The summed E-state index contributed by atoms with van der Waals surface area (Å²) in [6, 6.07) is 9.49. The smallest absolute Gasteiger partial charge is 0.271 e.